The van der Waals surface area contributed by atoms with Gasteiger partial charge in [-0.2, -0.15) is 0 Å². The predicted octanol–water partition coefficient (Wildman–Crippen LogP) is 2.38. The van der Waals surface area contributed by atoms with Crippen LogP contribution in [0.3, 0.4) is 0 Å². The Labute approximate surface area is 172 Å². The van der Waals surface area contributed by atoms with Crippen LogP contribution in [0.5, 0.6) is 11.5 Å². The van der Waals surface area contributed by atoms with Gasteiger partial charge in [0, 0.05) is 24.7 Å². The number of nitrogens with zero attached hydrogens (tertiary/aromatic N) is 1. The lowest BCUT2D eigenvalue weighted by molar-refractivity contribution is -0.151. The van der Waals surface area contributed by atoms with Crippen LogP contribution in [-0.2, 0) is 19.1 Å². The lowest BCUT2D eigenvalue weighted by Crippen LogP contribution is -2.28. The quantitative estimate of drug-likeness (QED) is 0.697. The van der Waals surface area contributed by atoms with Crippen molar-refractivity contribution in [2.45, 2.75) is 6.42 Å². The van der Waals surface area contributed by atoms with Crippen LogP contribution in [0, 0.1) is 11.7 Å². The Balaban J connectivity index is 1.54. The van der Waals surface area contributed by atoms with E-state index in [0.717, 1.165) is 0 Å². The maximum atomic E-state index is 13.1. The molecule has 0 spiro atoms. The zero-order valence-electron chi connectivity index (χ0n) is 16.5. The van der Waals surface area contributed by atoms with E-state index < -0.39 is 30.2 Å². The molecule has 1 N–H and O–H groups in total. The van der Waals surface area contributed by atoms with Gasteiger partial charge >= 0.3 is 5.97 Å². The highest BCUT2D eigenvalue weighted by molar-refractivity contribution is 6.00. The van der Waals surface area contributed by atoms with Crippen molar-refractivity contribution in [2.24, 2.45) is 5.92 Å². The Morgan fingerprint density at radius 1 is 1.13 bits per heavy atom. The lowest BCUT2D eigenvalue weighted by atomic mass is 10.1. The number of carbonyl (C=O) groups is 3. The van der Waals surface area contributed by atoms with E-state index in [2.05, 4.69) is 5.32 Å². The summed E-state index contributed by atoms with van der Waals surface area (Å²) < 4.78 is 28.4. The molecule has 0 bridgehead atoms. The third-order valence-electron chi connectivity index (χ3n) is 4.62. The number of esters is 1. The number of hydrogen-bond acceptors (Lipinski definition) is 6. The number of nitrogens with one attached hydrogen (secondary N) is 1. The van der Waals surface area contributed by atoms with Crippen molar-refractivity contribution >= 4 is 29.2 Å². The third kappa shape index (κ3) is 4.86. The van der Waals surface area contributed by atoms with Crippen molar-refractivity contribution in [1.82, 2.24) is 0 Å². The van der Waals surface area contributed by atoms with Crippen molar-refractivity contribution in [3.8, 4) is 11.5 Å². The molecule has 9 heteroatoms. The second kappa shape index (κ2) is 9.25. The highest BCUT2D eigenvalue weighted by atomic mass is 19.1. The summed E-state index contributed by atoms with van der Waals surface area (Å²) in [5.74, 6) is -1.63. The number of benzene rings is 2. The third-order valence-corrected chi connectivity index (χ3v) is 4.62. The van der Waals surface area contributed by atoms with Crippen LogP contribution < -0.4 is 19.7 Å². The van der Waals surface area contributed by atoms with Crippen molar-refractivity contribution < 1.29 is 33.0 Å². The Hall–Kier alpha value is -3.62. The van der Waals surface area contributed by atoms with Crippen LogP contribution in [0.15, 0.2) is 42.5 Å². The topological polar surface area (TPSA) is 94.2 Å². The molecule has 158 valence electrons. The molecule has 0 aromatic heterocycles. The van der Waals surface area contributed by atoms with Crippen LogP contribution in [0.4, 0.5) is 15.8 Å². The zero-order chi connectivity index (χ0) is 21.7. The summed E-state index contributed by atoms with van der Waals surface area (Å²) in [5, 5.41) is 2.60. The first kappa shape index (κ1) is 21.1. The highest BCUT2D eigenvalue weighted by Gasteiger charge is 2.36. The number of carbonyl (C=O) groups excluding carboxylic acids is 3. The average molecular weight is 416 g/mol. The van der Waals surface area contributed by atoms with E-state index in [1.165, 1.54) is 43.4 Å². The van der Waals surface area contributed by atoms with Gasteiger partial charge in [0.2, 0.25) is 5.91 Å². The van der Waals surface area contributed by atoms with Gasteiger partial charge in [-0.15, -0.1) is 0 Å². The molecule has 2 amide bonds. The van der Waals surface area contributed by atoms with E-state index in [9.17, 15) is 18.8 Å². The minimum absolute atomic E-state index is 0.0376. The van der Waals surface area contributed by atoms with Gasteiger partial charge in [-0.05, 0) is 36.4 Å². The van der Waals surface area contributed by atoms with Crippen molar-refractivity contribution in [3.63, 3.8) is 0 Å². The van der Waals surface area contributed by atoms with Crippen molar-refractivity contribution in [1.29, 1.82) is 0 Å². The number of hydrogen-bond donors (Lipinski definition) is 1. The van der Waals surface area contributed by atoms with Crippen molar-refractivity contribution in [3.05, 3.63) is 48.3 Å². The molecule has 0 unspecified atom stereocenters. The summed E-state index contributed by atoms with van der Waals surface area (Å²) in [4.78, 5) is 38.0. The average Bonchev–Trinajstić information content (AvgIpc) is 3.14. The Kier molecular flexibility index (Phi) is 6.51. The summed E-state index contributed by atoms with van der Waals surface area (Å²) in [6, 6.07) is 10.3. The van der Waals surface area contributed by atoms with E-state index >= 15 is 0 Å². The number of anilines is 2. The second-order valence-corrected chi connectivity index (χ2v) is 6.60. The zero-order valence-corrected chi connectivity index (χ0v) is 16.5. The SMILES string of the molecule is COc1ccc(NC(=O)COC(=O)[C@@H]2CC(=O)N(c3ccc(F)cc3)C2)c(OC)c1. The summed E-state index contributed by atoms with van der Waals surface area (Å²) in [6.45, 7) is -0.396. The van der Waals surface area contributed by atoms with Crippen molar-refractivity contribution in [2.75, 3.05) is 37.6 Å². The molecule has 8 nitrogen and oxygen atoms in total. The fourth-order valence-electron chi connectivity index (χ4n) is 3.08. The van der Waals surface area contributed by atoms with Gasteiger partial charge in [0.15, 0.2) is 6.61 Å². The maximum Gasteiger partial charge on any atom is 0.311 e. The van der Waals surface area contributed by atoms with Crippen LogP contribution in [0.2, 0.25) is 0 Å². The van der Waals surface area contributed by atoms with Crippen LogP contribution >= 0.6 is 0 Å². The molecule has 1 aliphatic rings. The first-order valence-electron chi connectivity index (χ1n) is 9.15. The first-order chi connectivity index (χ1) is 14.4. The molecule has 1 atom stereocenters. The monoisotopic (exact) mass is 416 g/mol. The number of methoxy groups -OCH3 is 2. The van der Waals surface area contributed by atoms with E-state index in [-0.39, 0.29) is 18.9 Å². The van der Waals surface area contributed by atoms with Crippen LogP contribution in [0.25, 0.3) is 0 Å². The smallest absolute Gasteiger partial charge is 0.311 e. The van der Waals surface area contributed by atoms with Gasteiger partial charge in [-0.3, -0.25) is 14.4 Å². The second-order valence-electron chi connectivity index (χ2n) is 6.60. The Morgan fingerprint density at radius 3 is 2.53 bits per heavy atom. The van der Waals surface area contributed by atoms with E-state index in [1.807, 2.05) is 0 Å². The molecule has 0 aliphatic carbocycles. The summed E-state index contributed by atoms with van der Waals surface area (Å²) in [7, 11) is 2.96. The van der Waals surface area contributed by atoms with E-state index in [1.54, 1.807) is 18.2 Å². The Bertz CT molecular complexity index is 947. The van der Waals surface area contributed by atoms with Gasteiger partial charge in [0.25, 0.3) is 5.91 Å². The predicted molar refractivity (Wildman–Crippen MR) is 106 cm³/mol. The van der Waals surface area contributed by atoms with Gasteiger partial charge in [0.1, 0.15) is 17.3 Å². The van der Waals surface area contributed by atoms with Crippen LogP contribution in [0.1, 0.15) is 6.42 Å². The maximum absolute atomic E-state index is 13.1. The molecule has 2 aromatic carbocycles. The van der Waals surface area contributed by atoms with E-state index in [4.69, 9.17) is 14.2 Å². The molecule has 1 aliphatic heterocycles. The minimum atomic E-state index is -0.703. The molecule has 3 rings (SSSR count). The molecule has 0 radical (unpaired) electrons. The highest BCUT2D eigenvalue weighted by Crippen LogP contribution is 2.29. The number of halogens is 1. The van der Waals surface area contributed by atoms with Gasteiger partial charge in [-0.25, -0.2) is 4.39 Å². The summed E-state index contributed by atoms with van der Waals surface area (Å²) in [5.41, 5.74) is 0.902. The van der Waals surface area contributed by atoms with Crippen LogP contribution in [-0.4, -0.2) is 45.2 Å². The molecular weight excluding hydrogens is 395 g/mol. The largest absolute Gasteiger partial charge is 0.497 e. The minimum Gasteiger partial charge on any atom is -0.497 e. The first-order valence-corrected chi connectivity index (χ1v) is 9.15. The van der Waals surface area contributed by atoms with Gasteiger partial charge in [0.05, 0.1) is 25.8 Å². The summed E-state index contributed by atoms with van der Waals surface area (Å²) >= 11 is 0. The Morgan fingerprint density at radius 2 is 1.87 bits per heavy atom. The molecule has 30 heavy (non-hydrogen) atoms. The number of amides is 2. The number of ether oxygens (including phenoxy) is 3. The number of rotatable bonds is 7. The fraction of sp³-hybridized carbons (Fsp3) is 0.286. The standard InChI is InChI=1S/C21H21FN2O6/c1-28-16-7-8-17(18(10-16)29-2)23-19(25)12-30-21(27)13-9-20(26)24(11-13)15-5-3-14(22)4-6-15/h3-8,10,13H,9,11-12H2,1-2H3,(H,23,25)/t13-/m1/s1. The molecule has 1 heterocycles. The summed E-state index contributed by atoms with van der Waals surface area (Å²) in [6.07, 6.45) is -0.0376. The van der Waals surface area contributed by atoms with E-state index in [0.29, 0.717) is 22.9 Å². The van der Waals surface area contributed by atoms with Gasteiger partial charge in [-0.1, -0.05) is 0 Å². The molecule has 1 fully saturated rings. The normalized spacial score (nSPS) is 15.6. The molecule has 0 saturated carbocycles. The fourth-order valence-corrected chi connectivity index (χ4v) is 3.08. The molecule has 2 aromatic rings. The molecular formula is C21H21FN2O6. The lowest BCUT2D eigenvalue weighted by Gasteiger charge is -2.16. The molecule has 1 saturated heterocycles. The van der Waals surface area contributed by atoms with Gasteiger partial charge < -0.3 is 24.4 Å².